The van der Waals surface area contributed by atoms with Crippen molar-refractivity contribution in [1.29, 1.82) is 0 Å². The fraction of sp³-hybridized carbons (Fsp3) is 0.368. The number of allylic oxidation sites excluding steroid dienone is 2. The zero-order valence-electron chi connectivity index (χ0n) is 14.8. The van der Waals surface area contributed by atoms with Crippen LogP contribution >= 0.6 is 15.9 Å². The van der Waals surface area contributed by atoms with Crippen LogP contribution in [0.3, 0.4) is 0 Å². The third-order valence-corrected chi connectivity index (χ3v) is 5.31. The van der Waals surface area contributed by atoms with Crippen LogP contribution in [-0.4, -0.2) is 58.6 Å². The topological polar surface area (TPSA) is 65.1 Å². The molecular formula is C19H18BrF2N3O3. The highest BCUT2D eigenvalue weighted by atomic mass is 79.9. The molecule has 3 aliphatic heterocycles. The zero-order chi connectivity index (χ0) is 19.8. The van der Waals surface area contributed by atoms with Gasteiger partial charge in [0.1, 0.15) is 23.6 Å². The Balaban J connectivity index is 1.44. The van der Waals surface area contributed by atoms with Crippen molar-refractivity contribution in [3.63, 3.8) is 0 Å². The fourth-order valence-corrected chi connectivity index (χ4v) is 3.89. The van der Waals surface area contributed by atoms with Gasteiger partial charge < -0.3 is 14.7 Å². The lowest BCUT2D eigenvalue weighted by atomic mass is 10.1. The van der Waals surface area contributed by atoms with Crippen LogP contribution in [0, 0.1) is 11.6 Å². The molecule has 0 aliphatic carbocycles. The molecule has 4 rings (SSSR count). The van der Waals surface area contributed by atoms with Crippen molar-refractivity contribution >= 4 is 27.7 Å². The summed E-state index contributed by atoms with van der Waals surface area (Å²) in [5.74, 6) is -1.60. The van der Waals surface area contributed by atoms with Gasteiger partial charge in [-0.25, -0.2) is 18.6 Å². The van der Waals surface area contributed by atoms with E-state index in [2.05, 4.69) is 20.9 Å². The van der Waals surface area contributed by atoms with Gasteiger partial charge in [-0.15, -0.1) is 0 Å². The van der Waals surface area contributed by atoms with Crippen molar-refractivity contribution in [2.75, 3.05) is 19.7 Å². The molecule has 1 N–H and O–H groups in total. The maximum Gasteiger partial charge on any atom is 0.330 e. The number of halogens is 3. The second kappa shape index (κ2) is 7.73. The van der Waals surface area contributed by atoms with Crippen molar-refractivity contribution < 1.29 is 23.4 Å². The molecule has 1 aromatic rings. The fourth-order valence-electron chi connectivity index (χ4n) is 3.39. The van der Waals surface area contributed by atoms with E-state index in [1.165, 1.54) is 18.2 Å². The number of hydrogen-bond acceptors (Lipinski definition) is 5. The molecule has 3 heterocycles. The number of aliphatic carboxylic acids is 1. The molecule has 1 aromatic carbocycles. The Morgan fingerprint density at radius 3 is 2.68 bits per heavy atom. The van der Waals surface area contributed by atoms with Gasteiger partial charge in [0.15, 0.2) is 6.04 Å². The molecule has 2 unspecified atom stereocenters. The first kappa shape index (κ1) is 19.2. The lowest BCUT2D eigenvalue weighted by molar-refractivity contribution is -0.142. The minimum absolute atomic E-state index is 0.103. The van der Waals surface area contributed by atoms with Gasteiger partial charge in [-0.3, -0.25) is 4.90 Å². The molecule has 2 atom stereocenters. The van der Waals surface area contributed by atoms with Gasteiger partial charge in [-0.05, 0) is 46.1 Å². The summed E-state index contributed by atoms with van der Waals surface area (Å²) >= 11 is 3.42. The molecule has 6 nitrogen and oxygen atoms in total. The van der Waals surface area contributed by atoms with E-state index in [9.17, 15) is 18.7 Å². The predicted octanol–water partition coefficient (Wildman–Crippen LogP) is 2.86. The second-order valence-electron chi connectivity index (χ2n) is 6.78. The first-order valence-corrected chi connectivity index (χ1v) is 9.67. The highest BCUT2D eigenvalue weighted by Gasteiger charge is 2.47. The maximum absolute atomic E-state index is 13.7. The predicted molar refractivity (Wildman–Crippen MR) is 102 cm³/mol. The number of carboxylic acids is 1. The zero-order valence-corrected chi connectivity index (χ0v) is 16.4. The van der Waals surface area contributed by atoms with Crippen molar-refractivity contribution in [3.05, 3.63) is 57.7 Å². The number of fused-ring (bicyclic) bond motifs is 1. The first-order valence-electron chi connectivity index (χ1n) is 8.87. The molecule has 1 fully saturated rings. The van der Waals surface area contributed by atoms with Crippen LogP contribution in [0.2, 0.25) is 0 Å². The van der Waals surface area contributed by atoms with Crippen LogP contribution in [0.15, 0.2) is 45.5 Å². The van der Waals surface area contributed by atoms with Gasteiger partial charge in [0.05, 0.1) is 13.2 Å². The van der Waals surface area contributed by atoms with Gasteiger partial charge in [-0.2, -0.15) is 0 Å². The quantitative estimate of drug-likeness (QED) is 0.507. The minimum Gasteiger partial charge on any atom is -0.480 e. The molecule has 1 saturated heterocycles. The Morgan fingerprint density at radius 2 is 2.04 bits per heavy atom. The van der Waals surface area contributed by atoms with E-state index in [4.69, 9.17) is 4.74 Å². The number of carboxylic acid groups (broad SMARTS) is 1. The molecule has 148 valence electrons. The number of aliphatic imine (C=N–C) groups is 1. The molecule has 9 heteroatoms. The van der Waals surface area contributed by atoms with Crippen LogP contribution in [0.1, 0.15) is 12.0 Å². The summed E-state index contributed by atoms with van der Waals surface area (Å²) in [5, 5.41) is 9.66. The van der Waals surface area contributed by atoms with E-state index in [0.717, 1.165) is 23.1 Å². The summed E-state index contributed by atoms with van der Waals surface area (Å²) in [6.07, 6.45) is 3.61. The summed E-state index contributed by atoms with van der Waals surface area (Å²) in [6.45, 7) is 1.71. The standard InChI is InChI=1S/C19H18BrF2N3O3/c20-12-8-11(4-7-28-10-13-14(21)2-1-3-15(13)22)17-23-18(24-5-6-24)16(19(26)27)25(17)9-12/h1-3,8-9,16,18H,4-7,10H2,(H,26,27). The number of nitrogens with zero attached hydrogens (tertiary/aromatic N) is 3. The van der Waals surface area contributed by atoms with Gasteiger partial charge in [0.25, 0.3) is 0 Å². The first-order chi connectivity index (χ1) is 13.5. The van der Waals surface area contributed by atoms with Crippen molar-refractivity contribution in [2.24, 2.45) is 4.99 Å². The number of ether oxygens (including phenoxy) is 1. The molecule has 0 spiro atoms. The third kappa shape index (κ3) is 3.74. The van der Waals surface area contributed by atoms with Crippen LogP contribution < -0.4 is 0 Å². The lowest BCUT2D eigenvalue weighted by Crippen LogP contribution is -2.46. The second-order valence-corrected chi connectivity index (χ2v) is 7.69. The Hall–Kier alpha value is -2.10. The van der Waals surface area contributed by atoms with E-state index < -0.39 is 29.8 Å². The van der Waals surface area contributed by atoms with E-state index in [-0.39, 0.29) is 18.8 Å². The Bertz CT molecular complexity index is 878. The molecule has 0 saturated carbocycles. The SMILES string of the molecule is O=C(O)C1C(N2CC2)N=C2C(CCOCc3c(F)cccc3F)=CC(Br)=CN21. The van der Waals surface area contributed by atoms with E-state index in [1.54, 1.807) is 11.1 Å². The maximum atomic E-state index is 13.7. The minimum atomic E-state index is -0.931. The summed E-state index contributed by atoms with van der Waals surface area (Å²) in [4.78, 5) is 20.1. The normalized spacial score (nSPS) is 23.8. The number of hydrogen-bond donors (Lipinski definition) is 1. The molecule has 0 aromatic heterocycles. The Labute approximate surface area is 168 Å². The average Bonchev–Trinajstić information content (AvgIpc) is 3.40. The number of amidine groups is 1. The number of rotatable bonds is 7. The van der Waals surface area contributed by atoms with Crippen LogP contribution in [0.25, 0.3) is 0 Å². The van der Waals surface area contributed by atoms with Gasteiger partial charge in [0.2, 0.25) is 0 Å². The number of carbonyl (C=O) groups is 1. The summed E-state index contributed by atoms with van der Waals surface area (Å²) in [5.41, 5.74) is 0.715. The Morgan fingerprint density at radius 1 is 1.32 bits per heavy atom. The smallest absolute Gasteiger partial charge is 0.330 e. The molecule has 3 aliphatic rings. The van der Waals surface area contributed by atoms with Gasteiger partial charge in [0, 0.05) is 29.3 Å². The van der Waals surface area contributed by atoms with Crippen molar-refractivity contribution in [1.82, 2.24) is 9.80 Å². The van der Waals surface area contributed by atoms with Crippen LogP contribution in [0.5, 0.6) is 0 Å². The summed E-state index contributed by atoms with van der Waals surface area (Å²) < 4.78 is 33.6. The highest BCUT2D eigenvalue weighted by Crippen LogP contribution is 2.33. The molecule has 0 bridgehead atoms. The van der Waals surface area contributed by atoms with Crippen molar-refractivity contribution in [2.45, 2.75) is 25.2 Å². The van der Waals surface area contributed by atoms with Gasteiger partial charge in [-0.1, -0.05) is 6.07 Å². The van der Waals surface area contributed by atoms with Crippen LogP contribution in [0.4, 0.5) is 8.78 Å². The van der Waals surface area contributed by atoms with Crippen LogP contribution in [-0.2, 0) is 16.1 Å². The summed E-state index contributed by atoms with van der Waals surface area (Å²) in [6, 6.07) is 2.92. The largest absolute Gasteiger partial charge is 0.480 e. The lowest BCUT2D eigenvalue weighted by Gasteiger charge is -2.27. The molecule has 0 radical (unpaired) electrons. The van der Waals surface area contributed by atoms with Gasteiger partial charge >= 0.3 is 5.97 Å². The molecule has 28 heavy (non-hydrogen) atoms. The monoisotopic (exact) mass is 453 g/mol. The molecule has 0 amide bonds. The van der Waals surface area contributed by atoms with E-state index in [1.807, 2.05) is 11.0 Å². The molecular weight excluding hydrogens is 436 g/mol. The van der Waals surface area contributed by atoms with Crippen molar-refractivity contribution in [3.8, 4) is 0 Å². The third-order valence-electron chi connectivity index (χ3n) is 4.88. The summed E-state index contributed by atoms with van der Waals surface area (Å²) in [7, 11) is 0. The average molecular weight is 454 g/mol. The highest BCUT2D eigenvalue weighted by molar-refractivity contribution is 9.11. The van der Waals surface area contributed by atoms with E-state index >= 15 is 0 Å². The van der Waals surface area contributed by atoms with E-state index in [0.29, 0.717) is 12.3 Å². The number of benzene rings is 1. The Kier molecular flexibility index (Phi) is 5.31.